The second-order valence-corrected chi connectivity index (χ2v) is 5.66. The molecule has 1 amide bonds. The maximum Gasteiger partial charge on any atom is 0.339 e. The van der Waals surface area contributed by atoms with Crippen molar-refractivity contribution >= 4 is 23.3 Å². The third kappa shape index (κ3) is 4.63. The number of amides is 1. The summed E-state index contributed by atoms with van der Waals surface area (Å²) in [5.74, 6) is -1.16. The first-order valence-electron chi connectivity index (χ1n) is 7.61. The zero-order valence-corrected chi connectivity index (χ0v) is 14.1. The van der Waals surface area contributed by atoms with E-state index in [1.165, 1.54) is 31.2 Å². The number of carbonyl (C=O) groups excluding carboxylic acids is 2. The van der Waals surface area contributed by atoms with Gasteiger partial charge in [-0.15, -0.1) is 0 Å². The third-order valence-corrected chi connectivity index (χ3v) is 3.59. The Labute approximate surface area is 144 Å². The van der Waals surface area contributed by atoms with E-state index in [4.69, 9.17) is 4.74 Å². The number of ether oxygens (including phenoxy) is 1. The van der Waals surface area contributed by atoms with E-state index in [1.54, 1.807) is 19.1 Å². The Kier molecular flexibility index (Phi) is 5.49. The summed E-state index contributed by atoms with van der Waals surface area (Å²) in [7, 11) is 0. The molecule has 0 bridgehead atoms. The van der Waals surface area contributed by atoms with Gasteiger partial charge in [-0.2, -0.15) is 0 Å². The van der Waals surface area contributed by atoms with Gasteiger partial charge in [-0.05, 0) is 38.5 Å². The second kappa shape index (κ2) is 7.57. The highest BCUT2D eigenvalue weighted by Crippen LogP contribution is 2.18. The van der Waals surface area contributed by atoms with E-state index in [9.17, 15) is 19.7 Å². The van der Waals surface area contributed by atoms with E-state index in [0.29, 0.717) is 5.56 Å². The summed E-state index contributed by atoms with van der Waals surface area (Å²) in [4.78, 5) is 34.6. The first-order chi connectivity index (χ1) is 11.8. The molecular formula is C18H18N2O5. The van der Waals surface area contributed by atoms with Crippen LogP contribution in [-0.2, 0) is 9.53 Å². The largest absolute Gasteiger partial charge is 0.449 e. The van der Waals surface area contributed by atoms with Crippen molar-refractivity contribution < 1.29 is 19.2 Å². The quantitative estimate of drug-likeness (QED) is 0.510. The van der Waals surface area contributed by atoms with Crippen LogP contribution in [0.3, 0.4) is 0 Å². The first-order valence-corrected chi connectivity index (χ1v) is 7.61. The molecule has 0 aromatic heterocycles. The van der Waals surface area contributed by atoms with Gasteiger partial charge in [-0.1, -0.05) is 23.8 Å². The lowest BCUT2D eigenvalue weighted by molar-refractivity contribution is -0.384. The number of anilines is 1. The minimum absolute atomic E-state index is 0.141. The van der Waals surface area contributed by atoms with Gasteiger partial charge in [0.15, 0.2) is 6.10 Å². The van der Waals surface area contributed by atoms with Gasteiger partial charge in [0.25, 0.3) is 11.6 Å². The number of hydrogen-bond donors (Lipinski definition) is 1. The van der Waals surface area contributed by atoms with Crippen molar-refractivity contribution in [3.63, 3.8) is 0 Å². The molecule has 0 radical (unpaired) electrons. The Hall–Kier alpha value is -3.22. The molecule has 0 aliphatic heterocycles. The minimum atomic E-state index is -1.05. The predicted molar refractivity (Wildman–Crippen MR) is 92.5 cm³/mol. The highest BCUT2D eigenvalue weighted by Gasteiger charge is 2.20. The summed E-state index contributed by atoms with van der Waals surface area (Å²) in [5, 5.41) is 13.3. The monoisotopic (exact) mass is 342 g/mol. The Morgan fingerprint density at radius 2 is 1.88 bits per heavy atom. The van der Waals surface area contributed by atoms with E-state index in [0.717, 1.165) is 11.1 Å². The number of hydrogen-bond acceptors (Lipinski definition) is 5. The summed E-state index contributed by atoms with van der Waals surface area (Å²) in [6.45, 7) is 5.08. The van der Waals surface area contributed by atoms with E-state index in [-0.39, 0.29) is 11.4 Å². The number of aryl methyl sites for hydroxylation is 2. The number of benzene rings is 2. The topological polar surface area (TPSA) is 98.5 Å². The van der Waals surface area contributed by atoms with Crippen molar-refractivity contribution in [2.24, 2.45) is 0 Å². The van der Waals surface area contributed by atoms with Crippen LogP contribution in [0.5, 0.6) is 0 Å². The fourth-order valence-electron chi connectivity index (χ4n) is 2.17. The van der Waals surface area contributed by atoms with Gasteiger partial charge in [0.1, 0.15) is 0 Å². The summed E-state index contributed by atoms with van der Waals surface area (Å²) in [6, 6.07) is 10.9. The van der Waals surface area contributed by atoms with E-state index >= 15 is 0 Å². The van der Waals surface area contributed by atoms with Crippen molar-refractivity contribution in [3.05, 3.63) is 69.3 Å². The SMILES string of the molecule is Cc1ccc(C)c(C(=O)O[C@@H](C)C(=O)Nc2cccc([N+](=O)[O-])c2)c1. The van der Waals surface area contributed by atoms with Crippen LogP contribution >= 0.6 is 0 Å². The number of esters is 1. The van der Waals surface area contributed by atoms with Crippen LogP contribution in [0.25, 0.3) is 0 Å². The first kappa shape index (κ1) is 18.1. The average molecular weight is 342 g/mol. The van der Waals surface area contributed by atoms with Gasteiger partial charge in [-0.3, -0.25) is 14.9 Å². The molecule has 0 fully saturated rings. The van der Waals surface area contributed by atoms with Gasteiger partial charge in [0.2, 0.25) is 0 Å². The number of nitro groups is 1. The smallest absolute Gasteiger partial charge is 0.339 e. The molecule has 2 aromatic carbocycles. The van der Waals surface area contributed by atoms with Gasteiger partial charge in [0.05, 0.1) is 10.5 Å². The molecule has 7 nitrogen and oxygen atoms in total. The summed E-state index contributed by atoms with van der Waals surface area (Å²) in [5.41, 5.74) is 2.18. The summed E-state index contributed by atoms with van der Waals surface area (Å²) < 4.78 is 5.20. The summed E-state index contributed by atoms with van der Waals surface area (Å²) in [6.07, 6.45) is -1.05. The number of rotatable bonds is 5. The molecule has 0 saturated carbocycles. The number of nitrogens with zero attached hydrogens (tertiary/aromatic N) is 1. The molecule has 130 valence electrons. The van der Waals surface area contributed by atoms with Crippen molar-refractivity contribution in [2.45, 2.75) is 26.9 Å². The molecule has 0 saturated heterocycles. The van der Waals surface area contributed by atoms with Crippen LogP contribution in [0, 0.1) is 24.0 Å². The van der Waals surface area contributed by atoms with Gasteiger partial charge >= 0.3 is 5.97 Å². The number of nitrogens with one attached hydrogen (secondary N) is 1. The fraction of sp³-hybridized carbons (Fsp3) is 0.222. The van der Waals surface area contributed by atoms with Crippen LogP contribution in [-0.4, -0.2) is 22.9 Å². The Morgan fingerprint density at radius 1 is 1.16 bits per heavy atom. The molecular weight excluding hydrogens is 324 g/mol. The maximum absolute atomic E-state index is 12.2. The van der Waals surface area contributed by atoms with Crippen molar-refractivity contribution in [1.29, 1.82) is 0 Å². The van der Waals surface area contributed by atoms with Gasteiger partial charge in [0, 0.05) is 17.8 Å². The van der Waals surface area contributed by atoms with Crippen molar-refractivity contribution in [2.75, 3.05) is 5.32 Å². The lowest BCUT2D eigenvalue weighted by Gasteiger charge is -2.14. The van der Waals surface area contributed by atoms with Crippen LogP contribution in [0.15, 0.2) is 42.5 Å². The number of nitro benzene ring substituents is 1. The molecule has 25 heavy (non-hydrogen) atoms. The lowest BCUT2D eigenvalue weighted by Crippen LogP contribution is -2.30. The average Bonchev–Trinajstić information content (AvgIpc) is 2.57. The Morgan fingerprint density at radius 3 is 2.56 bits per heavy atom. The van der Waals surface area contributed by atoms with Crippen LogP contribution < -0.4 is 5.32 Å². The molecule has 0 unspecified atom stereocenters. The predicted octanol–water partition coefficient (Wildman–Crippen LogP) is 3.40. The highest BCUT2D eigenvalue weighted by molar-refractivity contribution is 5.98. The number of non-ortho nitro benzene ring substituents is 1. The molecule has 0 spiro atoms. The molecule has 2 rings (SSSR count). The standard InChI is InChI=1S/C18H18N2O5/c1-11-7-8-12(2)16(9-11)18(22)25-13(3)17(21)19-14-5-4-6-15(10-14)20(23)24/h4-10,13H,1-3H3,(H,19,21)/t13-/m0/s1. The Balaban J connectivity index is 2.05. The second-order valence-electron chi connectivity index (χ2n) is 5.66. The maximum atomic E-state index is 12.2. The Bertz CT molecular complexity index is 832. The highest BCUT2D eigenvalue weighted by atomic mass is 16.6. The zero-order valence-electron chi connectivity index (χ0n) is 14.1. The fourth-order valence-corrected chi connectivity index (χ4v) is 2.17. The molecule has 1 atom stereocenters. The van der Waals surface area contributed by atoms with E-state index in [2.05, 4.69) is 5.32 Å². The number of carbonyl (C=O) groups is 2. The van der Waals surface area contributed by atoms with Crippen LogP contribution in [0.4, 0.5) is 11.4 Å². The third-order valence-electron chi connectivity index (χ3n) is 3.59. The van der Waals surface area contributed by atoms with Crippen LogP contribution in [0.2, 0.25) is 0 Å². The normalized spacial score (nSPS) is 11.5. The molecule has 1 N–H and O–H groups in total. The zero-order chi connectivity index (χ0) is 18.6. The molecule has 7 heteroatoms. The molecule has 0 heterocycles. The molecule has 0 aliphatic rings. The van der Waals surface area contributed by atoms with Crippen molar-refractivity contribution in [1.82, 2.24) is 0 Å². The van der Waals surface area contributed by atoms with E-state index in [1.807, 2.05) is 13.0 Å². The molecule has 0 aliphatic carbocycles. The summed E-state index contributed by atoms with van der Waals surface area (Å²) >= 11 is 0. The van der Waals surface area contributed by atoms with Gasteiger partial charge in [-0.25, -0.2) is 4.79 Å². The van der Waals surface area contributed by atoms with E-state index < -0.39 is 22.9 Å². The van der Waals surface area contributed by atoms with Gasteiger partial charge < -0.3 is 10.1 Å². The van der Waals surface area contributed by atoms with Crippen LogP contribution in [0.1, 0.15) is 28.4 Å². The lowest BCUT2D eigenvalue weighted by atomic mass is 10.1. The minimum Gasteiger partial charge on any atom is -0.449 e. The van der Waals surface area contributed by atoms with Crippen molar-refractivity contribution in [3.8, 4) is 0 Å². The molecule has 2 aromatic rings.